The zero-order valence-electron chi connectivity index (χ0n) is 10.9. The summed E-state index contributed by atoms with van der Waals surface area (Å²) < 4.78 is 5.22. The lowest BCUT2D eigenvalue weighted by Gasteiger charge is -2.30. The Bertz CT molecular complexity index is 336. The quantitative estimate of drug-likeness (QED) is 0.848. The third-order valence-electron chi connectivity index (χ3n) is 3.41. The van der Waals surface area contributed by atoms with Crippen molar-refractivity contribution in [2.24, 2.45) is 0 Å². The minimum atomic E-state index is -0.828. The molecule has 0 fully saturated rings. The van der Waals surface area contributed by atoms with E-state index in [9.17, 15) is 5.11 Å². The molecule has 2 atom stereocenters. The van der Waals surface area contributed by atoms with Crippen LogP contribution in [0.5, 0.6) is 0 Å². The van der Waals surface area contributed by atoms with Crippen LogP contribution in [0.3, 0.4) is 0 Å². The van der Waals surface area contributed by atoms with Crippen molar-refractivity contribution in [3.63, 3.8) is 0 Å². The number of ether oxygens (including phenoxy) is 1. The van der Waals surface area contributed by atoms with Gasteiger partial charge in [0.2, 0.25) is 0 Å². The predicted octanol–water partition coefficient (Wildman–Crippen LogP) is 2.63. The van der Waals surface area contributed by atoms with Gasteiger partial charge in [0.25, 0.3) is 0 Å². The predicted molar refractivity (Wildman–Crippen MR) is 66.7 cm³/mol. The molecule has 90 valence electrons. The van der Waals surface area contributed by atoms with Gasteiger partial charge in [-0.1, -0.05) is 18.2 Å². The Hall–Kier alpha value is -0.860. The van der Waals surface area contributed by atoms with E-state index in [0.29, 0.717) is 6.42 Å². The number of methoxy groups -OCH3 is 1. The number of aryl methyl sites for hydroxylation is 2. The van der Waals surface area contributed by atoms with Crippen molar-refractivity contribution in [2.75, 3.05) is 7.11 Å². The molecule has 0 spiro atoms. The highest BCUT2D eigenvalue weighted by molar-refractivity contribution is 5.34. The molecule has 1 aromatic rings. The fraction of sp³-hybridized carbons (Fsp3) is 0.571. The lowest BCUT2D eigenvalue weighted by atomic mass is 9.87. The maximum Gasteiger partial charge on any atom is 0.0917 e. The van der Waals surface area contributed by atoms with Gasteiger partial charge in [0, 0.05) is 13.5 Å². The summed E-state index contributed by atoms with van der Waals surface area (Å²) in [6.07, 6.45) is 0.451. The fourth-order valence-corrected chi connectivity index (χ4v) is 1.88. The molecule has 2 nitrogen and oxygen atoms in total. The summed E-state index contributed by atoms with van der Waals surface area (Å²) in [5.41, 5.74) is 2.84. The van der Waals surface area contributed by atoms with Crippen molar-refractivity contribution in [2.45, 2.75) is 45.8 Å². The Balaban J connectivity index is 2.96. The van der Waals surface area contributed by atoms with Crippen LogP contribution < -0.4 is 0 Å². The molecular formula is C14H22O2. The van der Waals surface area contributed by atoms with Gasteiger partial charge in [0.1, 0.15) is 0 Å². The highest BCUT2D eigenvalue weighted by Gasteiger charge is 2.29. The van der Waals surface area contributed by atoms with Gasteiger partial charge in [0.15, 0.2) is 0 Å². The van der Waals surface area contributed by atoms with E-state index in [1.165, 1.54) is 16.7 Å². The van der Waals surface area contributed by atoms with Crippen molar-refractivity contribution >= 4 is 0 Å². The fourth-order valence-electron chi connectivity index (χ4n) is 1.88. The Morgan fingerprint density at radius 1 is 1.31 bits per heavy atom. The van der Waals surface area contributed by atoms with Gasteiger partial charge in [-0.2, -0.15) is 0 Å². The van der Waals surface area contributed by atoms with Gasteiger partial charge < -0.3 is 9.84 Å². The van der Waals surface area contributed by atoms with E-state index in [4.69, 9.17) is 4.74 Å². The second kappa shape index (κ2) is 4.98. The summed E-state index contributed by atoms with van der Waals surface area (Å²) in [6, 6.07) is 6.20. The second-order valence-electron chi connectivity index (χ2n) is 4.78. The molecule has 0 aromatic heterocycles. The van der Waals surface area contributed by atoms with E-state index in [1.54, 1.807) is 7.11 Å². The summed E-state index contributed by atoms with van der Waals surface area (Å²) in [6.45, 7) is 7.88. The van der Waals surface area contributed by atoms with E-state index in [-0.39, 0.29) is 6.10 Å². The largest absolute Gasteiger partial charge is 0.387 e. The first-order chi connectivity index (χ1) is 7.38. The summed E-state index contributed by atoms with van der Waals surface area (Å²) in [4.78, 5) is 0. The lowest BCUT2D eigenvalue weighted by molar-refractivity contribution is -0.0717. The first-order valence-corrected chi connectivity index (χ1v) is 5.68. The molecule has 0 aliphatic carbocycles. The molecule has 0 radical (unpaired) electrons. The zero-order valence-corrected chi connectivity index (χ0v) is 10.9. The van der Waals surface area contributed by atoms with Crippen LogP contribution in [0, 0.1) is 13.8 Å². The topological polar surface area (TPSA) is 29.5 Å². The van der Waals surface area contributed by atoms with Crippen LogP contribution in [0.4, 0.5) is 0 Å². The van der Waals surface area contributed by atoms with E-state index in [0.717, 1.165) is 0 Å². The SMILES string of the molecule is COC(C)C(C)(O)Cc1c(C)cccc1C. The summed E-state index contributed by atoms with van der Waals surface area (Å²) in [5, 5.41) is 10.4. The van der Waals surface area contributed by atoms with Gasteiger partial charge in [-0.25, -0.2) is 0 Å². The van der Waals surface area contributed by atoms with Crippen molar-refractivity contribution in [1.29, 1.82) is 0 Å². The molecule has 1 aromatic carbocycles. The van der Waals surface area contributed by atoms with Gasteiger partial charge in [-0.15, -0.1) is 0 Å². The molecule has 1 N–H and O–H groups in total. The minimum Gasteiger partial charge on any atom is -0.387 e. The summed E-state index contributed by atoms with van der Waals surface area (Å²) in [5.74, 6) is 0. The lowest BCUT2D eigenvalue weighted by Crippen LogP contribution is -2.41. The molecule has 0 heterocycles. The molecule has 0 amide bonds. The normalized spacial score (nSPS) is 16.9. The summed E-state index contributed by atoms with van der Waals surface area (Å²) >= 11 is 0. The Kier molecular flexibility index (Phi) is 4.11. The molecule has 0 saturated carbocycles. The van der Waals surface area contributed by atoms with Crippen LogP contribution in [-0.4, -0.2) is 23.9 Å². The maximum atomic E-state index is 10.4. The Labute approximate surface area is 98.3 Å². The minimum absolute atomic E-state index is 0.175. The Morgan fingerprint density at radius 3 is 2.25 bits per heavy atom. The molecule has 0 saturated heterocycles. The van der Waals surface area contributed by atoms with Crippen molar-refractivity contribution in [1.82, 2.24) is 0 Å². The number of aliphatic hydroxyl groups is 1. The first kappa shape index (κ1) is 13.2. The van der Waals surface area contributed by atoms with Crippen LogP contribution in [0.2, 0.25) is 0 Å². The second-order valence-corrected chi connectivity index (χ2v) is 4.78. The third-order valence-corrected chi connectivity index (χ3v) is 3.41. The van der Waals surface area contributed by atoms with Crippen molar-refractivity contribution in [3.8, 4) is 0 Å². The molecule has 2 unspecified atom stereocenters. The van der Waals surface area contributed by atoms with Crippen LogP contribution in [0.1, 0.15) is 30.5 Å². The molecule has 16 heavy (non-hydrogen) atoms. The molecule has 2 heteroatoms. The van der Waals surface area contributed by atoms with Gasteiger partial charge in [0.05, 0.1) is 11.7 Å². The highest BCUT2D eigenvalue weighted by Crippen LogP contribution is 2.23. The summed E-state index contributed by atoms with van der Waals surface area (Å²) in [7, 11) is 1.63. The maximum absolute atomic E-state index is 10.4. The number of rotatable bonds is 4. The average molecular weight is 222 g/mol. The monoisotopic (exact) mass is 222 g/mol. The first-order valence-electron chi connectivity index (χ1n) is 5.68. The van der Waals surface area contributed by atoms with Gasteiger partial charge in [-0.05, 0) is 44.4 Å². The molecule has 0 aliphatic heterocycles. The van der Waals surface area contributed by atoms with Gasteiger partial charge >= 0.3 is 0 Å². The van der Waals surface area contributed by atoms with Gasteiger partial charge in [-0.3, -0.25) is 0 Å². The molecular weight excluding hydrogens is 200 g/mol. The highest BCUT2D eigenvalue weighted by atomic mass is 16.5. The third kappa shape index (κ3) is 2.83. The van der Waals surface area contributed by atoms with Crippen molar-refractivity contribution in [3.05, 3.63) is 34.9 Å². The van der Waals surface area contributed by atoms with Crippen LogP contribution >= 0.6 is 0 Å². The standard InChI is InChI=1S/C14H22O2/c1-10-7-6-8-11(2)13(10)9-14(4,15)12(3)16-5/h6-8,12,15H,9H2,1-5H3. The van der Waals surface area contributed by atoms with Crippen LogP contribution in [0.15, 0.2) is 18.2 Å². The molecule has 0 bridgehead atoms. The van der Waals surface area contributed by atoms with Crippen molar-refractivity contribution < 1.29 is 9.84 Å². The van der Waals surface area contributed by atoms with E-state index < -0.39 is 5.60 Å². The Morgan fingerprint density at radius 2 is 1.81 bits per heavy atom. The number of hydrogen-bond acceptors (Lipinski definition) is 2. The molecule has 0 aliphatic rings. The zero-order chi connectivity index (χ0) is 12.3. The number of benzene rings is 1. The number of hydrogen-bond donors (Lipinski definition) is 1. The smallest absolute Gasteiger partial charge is 0.0917 e. The van der Waals surface area contributed by atoms with E-state index in [1.807, 2.05) is 19.9 Å². The van der Waals surface area contributed by atoms with E-state index >= 15 is 0 Å². The van der Waals surface area contributed by atoms with E-state index in [2.05, 4.69) is 26.0 Å². The van der Waals surface area contributed by atoms with Crippen LogP contribution in [0.25, 0.3) is 0 Å². The average Bonchev–Trinajstić information content (AvgIpc) is 2.22. The van der Waals surface area contributed by atoms with Crippen LogP contribution in [-0.2, 0) is 11.2 Å². The molecule has 1 rings (SSSR count).